The Hall–Kier alpha value is -1.39. The standard InChI is InChI=1S/C17H19BrN2O/c1-13-5-4-6-14(9-13)17(20-7-2-3-8-20)21-16-10-15(18)11-19-12-16/h4-6,9-12,17H,2-3,7-8H2,1H3. The van der Waals surface area contributed by atoms with Crippen LogP contribution in [0.2, 0.25) is 0 Å². The lowest BCUT2D eigenvalue weighted by Gasteiger charge is -2.28. The van der Waals surface area contributed by atoms with Crippen molar-refractivity contribution < 1.29 is 4.74 Å². The second kappa shape index (κ2) is 6.58. The maximum Gasteiger partial charge on any atom is 0.179 e. The van der Waals surface area contributed by atoms with Gasteiger partial charge in [0.05, 0.1) is 6.20 Å². The minimum atomic E-state index is -0.0384. The van der Waals surface area contributed by atoms with Crippen LogP contribution in [0.1, 0.15) is 30.2 Å². The number of benzene rings is 1. The highest BCUT2D eigenvalue weighted by molar-refractivity contribution is 9.10. The van der Waals surface area contributed by atoms with E-state index in [1.54, 1.807) is 12.4 Å². The molecule has 0 bridgehead atoms. The van der Waals surface area contributed by atoms with Gasteiger partial charge in [-0.25, -0.2) is 0 Å². The Kier molecular flexibility index (Phi) is 4.56. The molecule has 2 aromatic rings. The van der Waals surface area contributed by atoms with E-state index in [1.165, 1.54) is 24.0 Å². The number of hydrogen-bond acceptors (Lipinski definition) is 3. The normalized spacial score (nSPS) is 16.9. The van der Waals surface area contributed by atoms with Crippen molar-refractivity contribution >= 4 is 15.9 Å². The molecular formula is C17H19BrN2O. The number of aryl methyl sites for hydroxylation is 1. The van der Waals surface area contributed by atoms with Crippen molar-refractivity contribution in [2.75, 3.05) is 13.1 Å². The summed E-state index contributed by atoms with van der Waals surface area (Å²) < 4.78 is 7.19. The molecule has 1 aliphatic heterocycles. The Bertz CT molecular complexity index is 611. The van der Waals surface area contributed by atoms with Crippen LogP contribution in [0.4, 0.5) is 0 Å². The molecule has 21 heavy (non-hydrogen) atoms. The first-order valence-electron chi connectivity index (χ1n) is 7.30. The van der Waals surface area contributed by atoms with Crippen LogP contribution in [0.25, 0.3) is 0 Å². The molecule has 3 nitrogen and oxygen atoms in total. The van der Waals surface area contributed by atoms with E-state index in [0.29, 0.717) is 0 Å². The molecule has 0 saturated carbocycles. The predicted molar refractivity (Wildman–Crippen MR) is 87.3 cm³/mol. The van der Waals surface area contributed by atoms with Gasteiger partial charge in [-0.05, 0) is 41.8 Å². The molecule has 3 rings (SSSR count). The number of likely N-dealkylation sites (tertiary alicyclic amines) is 1. The molecule has 0 aliphatic carbocycles. The van der Waals surface area contributed by atoms with Crippen LogP contribution in [0, 0.1) is 6.92 Å². The molecule has 1 saturated heterocycles. The fourth-order valence-corrected chi connectivity index (χ4v) is 3.08. The SMILES string of the molecule is Cc1cccc(C(Oc2cncc(Br)c2)N2CCCC2)c1. The van der Waals surface area contributed by atoms with Crippen molar-refractivity contribution in [1.29, 1.82) is 0 Å². The highest BCUT2D eigenvalue weighted by Gasteiger charge is 2.25. The summed E-state index contributed by atoms with van der Waals surface area (Å²) in [6, 6.07) is 10.5. The van der Waals surface area contributed by atoms with Gasteiger partial charge in [0.2, 0.25) is 0 Å². The molecule has 0 N–H and O–H groups in total. The maximum atomic E-state index is 6.25. The molecule has 2 heterocycles. The number of pyridine rings is 1. The number of rotatable bonds is 4. The third-order valence-corrected chi connectivity index (χ3v) is 4.16. The van der Waals surface area contributed by atoms with Gasteiger partial charge in [-0.3, -0.25) is 9.88 Å². The molecule has 0 amide bonds. The van der Waals surface area contributed by atoms with Crippen LogP contribution < -0.4 is 4.74 Å². The number of nitrogens with zero attached hydrogens (tertiary/aromatic N) is 2. The third-order valence-electron chi connectivity index (χ3n) is 3.73. The smallest absolute Gasteiger partial charge is 0.179 e. The largest absolute Gasteiger partial charge is 0.469 e. The van der Waals surface area contributed by atoms with Gasteiger partial charge in [0.15, 0.2) is 6.23 Å². The second-order valence-corrected chi connectivity index (χ2v) is 6.38. The summed E-state index contributed by atoms with van der Waals surface area (Å²) in [4.78, 5) is 6.58. The van der Waals surface area contributed by atoms with Crippen molar-refractivity contribution in [1.82, 2.24) is 9.88 Å². The van der Waals surface area contributed by atoms with Crippen molar-refractivity contribution in [2.45, 2.75) is 26.0 Å². The highest BCUT2D eigenvalue weighted by atomic mass is 79.9. The summed E-state index contributed by atoms with van der Waals surface area (Å²) in [6.45, 7) is 4.28. The van der Waals surface area contributed by atoms with Crippen molar-refractivity contribution in [3.8, 4) is 5.75 Å². The molecule has 4 heteroatoms. The summed E-state index contributed by atoms with van der Waals surface area (Å²) in [5.74, 6) is 0.794. The van der Waals surface area contributed by atoms with E-state index in [-0.39, 0.29) is 6.23 Å². The predicted octanol–water partition coefficient (Wildman–Crippen LogP) is 4.33. The fourth-order valence-electron chi connectivity index (χ4n) is 2.74. The summed E-state index contributed by atoms with van der Waals surface area (Å²) in [6.07, 6.45) is 5.97. The Morgan fingerprint density at radius 3 is 2.71 bits per heavy atom. The molecule has 0 radical (unpaired) electrons. The number of hydrogen-bond donors (Lipinski definition) is 0. The van der Waals surface area contributed by atoms with Gasteiger partial charge < -0.3 is 4.74 Å². The van der Waals surface area contributed by atoms with Crippen LogP contribution in [0.5, 0.6) is 5.75 Å². The summed E-state index contributed by atoms with van der Waals surface area (Å²) in [7, 11) is 0. The quantitative estimate of drug-likeness (QED) is 0.823. The van der Waals surface area contributed by atoms with E-state index in [1.807, 2.05) is 6.07 Å². The Morgan fingerprint density at radius 1 is 1.19 bits per heavy atom. The first-order valence-corrected chi connectivity index (χ1v) is 8.09. The van der Waals surface area contributed by atoms with E-state index < -0.39 is 0 Å². The molecule has 1 fully saturated rings. The monoisotopic (exact) mass is 346 g/mol. The van der Waals surface area contributed by atoms with E-state index in [0.717, 1.165) is 23.3 Å². The average molecular weight is 347 g/mol. The number of aromatic nitrogens is 1. The molecular weight excluding hydrogens is 328 g/mol. The minimum Gasteiger partial charge on any atom is -0.469 e. The fraction of sp³-hybridized carbons (Fsp3) is 0.353. The van der Waals surface area contributed by atoms with Gasteiger partial charge >= 0.3 is 0 Å². The molecule has 1 atom stereocenters. The van der Waals surface area contributed by atoms with Gasteiger partial charge in [-0.1, -0.05) is 29.8 Å². The van der Waals surface area contributed by atoms with Crippen molar-refractivity contribution in [2.24, 2.45) is 0 Å². The first kappa shape index (κ1) is 14.5. The minimum absolute atomic E-state index is 0.0384. The first-order chi connectivity index (χ1) is 10.2. The van der Waals surface area contributed by atoms with E-state index in [4.69, 9.17) is 4.74 Å². The highest BCUT2D eigenvalue weighted by Crippen LogP contribution is 2.29. The number of halogens is 1. The van der Waals surface area contributed by atoms with Crippen LogP contribution in [0.3, 0.4) is 0 Å². The van der Waals surface area contributed by atoms with E-state index in [2.05, 4.69) is 57.0 Å². The Balaban J connectivity index is 1.88. The summed E-state index contributed by atoms with van der Waals surface area (Å²) in [5, 5.41) is 0. The topological polar surface area (TPSA) is 25.4 Å². The van der Waals surface area contributed by atoms with Gasteiger partial charge in [-0.15, -0.1) is 0 Å². The van der Waals surface area contributed by atoms with E-state index >= 15 is 0 Å². The molecule has 1 aromatic carbocycles. The lowest BCUT2D eigenvalue weighted by Crippen LogP contribution is -2.30. The zero-order valence-corrected chi connectivity index (χ0v) is 13.7. The van der Waals surface area contributed by atoms with Crippen LogP contribution in [-0.4, -0.2) is 23.0 Å². The zero-order valence-electron chi connectivity index (χ0n) is 12.1. The van der Waals surface area contributed by atoms with E-state index in [9.17, 15) is 0 Å². The molecule has 0 spiro atoms. The second-order valence-electron chi connectivity index (χ2n) is 5.47. The van der Waals surface area contributed by atoms with Crippen LogP contribution >= 0.6 is 15.9 Å². The van der Waals surface area contributed by atoms with Gasteiger partial charge in [0.1, 0.15) is 5.75 Å². The van der Waals surface area contributed by atoms with Gasteiger partial charge in [-0.2, -0.15) is 0 Å². The summed E-state index contributed by atoms with van der Waals surface area (Å²) >= 11 is 3.45. The van der Waals surface area contributed by atoms with Crippen LogP contribution in [0.15, 0.2) is 47.2 Å². The third kappa shape index (κ3) is 3.63. The maximum absolute atomic E-state index is 6.25. The Morgan fingerprint density at radius 2 is 2.00 bits per heavy atom. The average Bonchev–Trinajstić information content (AvgIpc) is 2.99. The lowest BCUT2D eigenvalue weighted by atomic mass is 10.1. The molecule has 1 unspecified atom stereocenters. The molecule has 1 aliphatic rings. The Labute approximate surface area is 134 Å². The lowest BCUT2D eigenvalue weighted by molar-refractivity contribution is 0.0416. The number of ether oxygens (including phenoxy) is 1. The van der Waals surface area contributed by atoms with Crippen molar-refractivity contribution in [3.63, 3.8) is 0 Å². The molecule has 110 valence electrons. The molecule has 1 aromatic heterocycles. The van der Waals surface area contributed by atoms with Crippen LogP contribution in [-0.2, 0) is 0 Å². The summed E-state index contributed by atoms with van der Waals surface area (Å²) in [5.41, 5.74) is 2.46. The van der Waals surface area contributed by atoms with Gasteiger partial charge in [0, 0.05) is 29.3 Å². The van der Waals surface area contributed by atoms with Crippen molar-refractivity contribution in [3.05, 3.63) is 58.3 Å². The van der Waals surface area contributed by atoms with Gasteiger partial charge in [0.25, 0.3) is 0 Å². The zero-order chi connectivity index (χ0) is 14.7.